The van der Waals surface area contributed by atoms with Crippen LogP contribution in [0.1, 0.15) is 78.2 Å². The van der Waals surface area contributed by atoms with Gasteiger partial charge in [0.25, 0.3) is 34.7 Å². The van der Waals surface area contributed by atoms with Gasteiger partial charge in [-0.1, -0.05) is 88.4 Å². The summed E-state index contributed by atoms with van der Waals surface area (Å²) >= 11 is 0. The number of pyridine rings is 2. The molecule has 4 aromatic carbocycles. The molecule has 0 aliphatic rings. The monoisotopic (exact) mass is 1700 g/mol. The third-order valence-corrected chi connectivity index (χ3v) is 18.6. The molecule has 123 heavy (non-hydrogen) atoms. The summed E-state index contributed by atoms with van der Waals surface area (Å²) in [6, 6.07) is 35.1. The highest BCUT2D eigenvalue weighted by molar-refractivity contribution is 6.04. The zero-order valence-electron chi connectivity index (χ0n) is 69.2. The van der Waals surface area contributed by atoms with Gasteiger partial charge in [-0.3, -0.25) is 38.4 Å². The number of benzene rings is 4. The van der Waals surface area contributed by atoms with E-state index in [4.69, 9.17) is 62.9 Å². The van der Waals surface area contributed by atoms with E-state index in [0.29, 0.717) is 124 Å². The molecule has 0 spiro atoms. The summed E-state index contributed by atoms with van der Waals surface area (Å²) in [6.07, 6.45) is 1.18. The quantitative estimate of drug-likeness (QED) is 0.0237. The Kier molecular flexibility index (Phi) is 36.7. The average Bonchev–Trinajstić information content (AvgIpc) is 1.66. The summed E-state index contributed by atoms with van der Waals surface area (Å²) in [5, 5.41) is 46.7. The smallest absolute Gasteiger partial charge is 0.274 e. The second kappa shape index (κ2) is 48.5. The van der Waals surface area contributed by atoms with Crippen LogP contribution in [-0.4, -0.2) is 240 Å². The van der Waals surface area contributed by atoms with Crippen molar-refractivity contribution in [3.8, 4) is 34.7 Å². The molecule has 37 heteroatoms. The number of rotatable bonds is 53. The summed E-state index contributed by atoms with van der Waals surface area (Å²) in [4.78, 5) is 123. The van der Waals surface area contributed by atoms with Crippen LogP contribution < -0.4 is 64.0 Å². The highest BCUT2D eigenvalue weighted by atomic mass is 16.6. The van der Waals surface area contributed by atoms with Crippen LogP contribution >= 0.6 is 0 Å². The molecule has 0 saturated carbocycles. The molecule has 656 valence electrons. The van der Waals surface area contributed by atoms with Crippen molar-refractivity contribution >= 4 is 69.0 Å². The largest absolute Gasteiger partial charge is 0.490 e. The fourth-order valence-electron chi connectivity index (χ4n) is 12.3. The number of hydrogen-bond acceptors (Lipinski definition) is 29. The molecular formula is C86H106N16O21. The number of amides is 6. The molecule has 0 saturated heterocycles. The molecule has 37 nitrogen and oxygen atoms in total. The molecule has 10 rings (SSSR count). The molecule has 0 unspecified atom stereocenters. The van der Waals surface area contributed by atoms with Crippen molar-refractivity contribution in [3.63, 3.8) is 0 Å². The number of hydrogen-bond donors (Lipinski definition) is 10. The maximum absolute atomic E-state index is 13.4. The molecular weight excluding hydrogens is 1590 g/mol. The van der Waals surface area contributed by atoms with Crippen molar-refractivity contribution in [2.24, 2.45) is 30.4 Å². The van der Waals surface area contributed by atoms with E-state index in [9.17, 15) is 48.6 Å². The van der Waals surface area contributed by atoms with E-state index in [0.717, 1.165) is 20.5 Å². The number of ether oxygens (including phenoxy) is 9. The van der Waals surface area contributed by atoms with E-state index in [1.54, 1.807) is 48.5 Å². The van der Waals surface area contributed by atoms with Crippen molar-refractivity contribution in [2.45, 2.75) is 96.3 Å². The van der Waals surface area contributed by atoms with Crippen molar-refractivity contribution in [1.82, 2.24) is 60.8 Å². The van der Waals surface area contributed by atoms with Gasteiger partial charge in [0.1, 0.15) is 77.1 Å². The predicted octanol–water partition coefficient (Wildman–Crippen LogP) is 4.33. The van der Waals surface area contributed by atoms with Gasteiger partial charge in [-0.25, -0.2) is 29.3 Å². The summed E-state index contributed by atoms with van der Waals surface area (Å²) in [5.74, 6) is -2.13. The van der Waals surface area contributed by atoms with Crippen LogP contribution in [0.4, 0.5) is 11.4 Å². The normalized spacial score (nSPS) is 13.0. The van der Waals surface area contributed by atoms with Crippen LogP contribution in [0.2, 0.25) is 0 Å². The zero-order valence-corrected chi connectivity index (χ0v) is 69.2. The Morgan fingerprint density at radius 2 is 0.878 bits per heavy atom. The summed E-state index contributed by atoms with van der Waals surface area (Å²) < 4.78 is 65.0. The fraction of sp³-hybridized carbons (Fsp3) is 0.419. The standard InChI is InChI=1S/C86H106N16O21/c1-54(2)44-70(95-83(111)77(105)63(87)46-56-12-8-6-9-13-56)79(107)89-26-28-113-30-32-115-34-35-117-37-39-119-41-43-121-61-18-20-65(91-51-61)81(109)93-59-16-23-72-68(49-59)97-85(122-72)67-22-25-74(103)102(99-67)53-58-48-75(104)101(5)100-76(58)86-98-69-50-60(17-24-73(69)123-86)94-82(110)66-21-19-62(52-92-66)120-42-40-118-38-36-116-33-31-114-29-27-90-80(108)71(45-55(3)4)96-84(112)78(106)64(88)47-57-14-10-7-11-15-57/h6-25,48-52,54-55,63-64,70-71,77-78,105-106H,26-47,53,87-88H2,1-5H3,(H,89,107)(H,90,108)(H,93,109)(H,94,110)(H,95,111)(H,96,112)/t63-,64-,70+,71+,77+,78+/m1/s1. The first-order valence-electron chi connectivity index (χ1n) is 40.4. The van der Waals surface area contributed by atoms with Crippen LogP contribution in [0.25, 0.3) is 45.4 Å². The van der Waals surface area contributed by atoms with Crippen LogP contribution in [0.15, 0.2) is 170 Å². The van der Waals surface area contributed by atoms with Crippen LogP contribution in [0.3, 0.4) is 0 Å². The highest BCUT2D eigenvalue weighted by Crippen LogP contribution is 2.29. The molecule has 6 amide bonds. The molecule has 0 fully saturated rings. The maximum Gasteiger partial charge on any atom is 0.274 e. The van der Waals surface area contributed by atoms with E-state index in [1.165, 1.54) is 49.8 Å². The summed E-state index contributed by atoms with van der Waals surface area (Å²) in [6.45, 7) is 12.3. The number of aliphatic hydroxyl groups excluding tert-OH is 2. The van der Waals surface area contributed by atoms with E-state index in [1.807, 2.05) is 88.4 Å². The Morgan fingerprint density at radius 1 is 0.463 bits per heavy atom. The van der Waals surface area contributed by atoms with Gasteiger partial charge in [0.2, 0.25) is 23.6 Å². The Balaban J connectivity index is 0.580. The molecule has 0 aliphatic carbocycles. The minimum atomic E-state index is -1.49. The lowest BCUT2D eigenvalue weighted by atomic mass is 9.99. The van der Waals surface area contributed by atoms with Gasteiger partial charge in [-0.05, 0) is 115 Å². The van der Waals surface area contributed by atoms with Gasteiger partial charge in [0.05, 0.1) is 111 Å². The molecule has 12 N–H and O–H groups in total. The first kappa shape index (κ1) is 93.1. The van der Waals surface area contributed by atoms with Gasteiger partial charge in [0.15, 0.2) is 16.9 Å². The molecule has 6 aromatic heterocycles. The van der Waals surface area contributed by atoms with Gasteiger partial charge in [0, 0.05) is 61.3 Å². The second-order valence-corrected chi connectivity index (χ2v) is 29.3. The number of oxazole rings is 2. The van der Waals surface area contributed by atoms with E-state index >= 15 is 0 Å². The number of aryl methyl sites for hydroxylation is 1. The molecule has 0 bridgehead atoms. The van der Waals surface area contributed by atoms with Gasteiger partial charge in [-0.2, -0.15) is 10.2 Å². The Labute approximate surface area is 708 Å². The number of nitrogens with two attached hydrogens (primary N) is 2. The number of carbonyl (C=O) groups is 6. The van der Waals surface area contributed by atoms with Crippen molar-refractivity contribution in [1.29, 1.82) is 0 Å². The Hall–Kier alpha value is -12.1. The minimum Gasteiger partial charge on any atom is -0.490 e. The molecule has 0 aliphatic heterocycles. The summed E-state index contributed by atoms with van der Waals surface area (Å²) in [7, 11) is 1.45. The van der Waals surface area contributed by atoms with E-state index in [-0.39, 0.29) is 130 Å². The molecule has 6 heterocycles. The number of fused-ring (bicyclic) bond motifs is 2. The van der Waals surface area contributed by atoms with Crippen molar-refractivity contribution < 1.29 is 90.4 Å². The minimum absolute atomic E-state index is 0.0128. The Morgan fingerprint density at radius 3 is 1.30 bits per heavy atom. The van der Waals surface area contributed by atoms with E-state index < -0.39 is 77.0 Å². The Bertz CT molecular complexity index is 5150. The van der Waals surface area contributed by atoms with Crippen molar-refractivity contribution in [2.75, 3.05) is 129 Å². The number of nitrogens with zero attached hydrogens (tertiary/aromatic N) is 8. The zero-order chi connectivity index (χ0) is 87.4. The van der Waals surface area contributed by atoms with Crippen LogP contribution in [0, 0.1) is 11.8 Å². The summed E-state index contributed by atoms with van der Waals surface area (Å²) in [5.41, 5.74) is 15.9. The van der Waals surface area contributed by atoms with E-state index in [2.05, 4.69) is 62.0 Å². The average molecular weight is 1700 g/mol. The number of aromatic nitrogens is 8. The highest BCUT2D eigenvalue weighted by Gasteiger charge is 2.31. The fourth-order valence-corrected chi connectivity index (χ4v) is 12.3. The lowest BCUT2D eigenvalue weighted by Crippen LogP contribution is -2.54. The van der Waals surface area contributed by atoms with Gasteiger partial charge in [-0.15, -0.1) is 0 Å². The van der Waals surface area contributed by atoms with Gasteiger partial charge >= 0.3 is 0 Å². The topological polar surface area (TPSA) is 498 Å². The van der Waals surface area contributed by atoms with Gasteiger partial charge < -0.3 is 105 Å². The van der Waals surface area contributed by atoms with Crippen LogP contribution in [-0.2, 0) is 78.8 Å². The molecule has 0 radical (unpaired) electrons. The third kappa shape index (κ3) is 30.2. The third-order valence-electron chi connectivity index (χ3n) is 18.6. The number of carbonyl (C=O) groups excluding carboxylic acids is 6. The first-order valence-corrected chi connectivity index (χ1v) is 40.4. The maximum atomic E-state index is 13.4. The predicted molar refractivity (Wildman–Crippen MR) is 451 cm³/mol. The lowest BCUT2D eigenvalue weighted by molar-refractivity contribution is -0.135. The second-order valence-electron chi connectivity index (χ2n) is 29.3. The first-order chi connectivity index (χ1) is 59.5. The number of anilines is 2. The number of aliphatic hydroxyl groups is 2. The lowest BCUT2D eigenvalue weighted by Gasteiger charge is -2.24. The number of nitrogens with one attached hydrogen (secondary N) is 6. The van der Waals surface area contributed by atoms with Crippen LogP contribution in [0.5, 0.6) is 11.5 Å². The molecule has 6 atom stereocenters. The SMILES string of the molecule is CC(C)C[C@H](NC(=O)[C@@H](O)[C@H](N)Cc1ccccc1)C(=O)NCCOCCOCCOCCOCCOc1ccc(C(=O)Nc2ccc3oc(-c4ccc(=O)n(Cc5cc(=O)n(C)nc5-c5nc6cc(NC(=O)c7ccc(OCCOCCOCCOCCNC(=O)[C@H](CC(C)C)NC(=O)[C@@H](O)[C@H](N)Cc8ccccc8)cn7)ccc6o5)n4)nc3c2)nc1. The molecule has 10 aromatic rings. The van der Waals surface area contributed by atoms with Crippen molar-refractivity contribution in [3.05, 3.63) is 201 Å².